The van der Waals surface area contributed by atoms with Crippen LogP contribution in [0.2, 0.25) is 5.02 Å². The molecule has 3 atom stereocenters. The van der Waals surface area contributed by atoms with Gasteiger partial charge in [-0.2, -0.15) is 0 Å². The van der Waals surface area contributed by atoms with Crippen LogP contribution in [-0.2, 0) is 17.6 Å². The van der Waals surface area contributed by atoms with Crippen LogP contribution in [-0.4, -0.2) is 35.0 Å². The number of halogens is 3. The van der Waals surface area contributed by atoms with Crippen LogP contribution in [0.5, 0.6) is 0 Å². The highest BCUT2D eigenvalue weighted by molar-refractivity contribution is 6.31. The molecule has 4 aromatic rings. The first-order chi connectivity index (χ1) is 19.5. The Bertz CT molecular complexity index is 1580. The van der Waals surface area contributed by atoms with E-state index >= 15 is 0 Å². The number of nitrogens with one attached hydrogen (secondary N) is 3. The van der Waals surface area contributed by atoms with E-state index in [4.69, 9.17) is 22.3 Å². The molecule has 42 heavy (non-hydrogen) atoms. The maximum absolute atomic E-state index is 12.6. The van der Waals surface area contributed by atoms with Crippen molar-refractivity contribution in [2.24, 2.45) is 11.7 Å². The van der Waals surface area contributed by atoms with Gasteiger partial charge < -0.3 is 21.4 Å². The highest BCUT2D eigenvalue weighted by Crippen LogP contribution is 2.47. The number of aromatic nitrogens is 2. The predicted octanol–water partition coefficient (Wildman–Crippen LogP) is 7.48. The molecule has 9 heteroatoms. The topological polar surface area (TPSA) is 95.8 Å². The van der Waals surface area contributed by atoms with E-state index in [0.29, 0.717) is 24.8 Å². The van der Waals surface area contributed by atoms with Gasteiger partial charge in [0.05, 0.1) is 11.6 Å². The highest BCUT2D eigenvalue weighted by Gasteiger charge is 2.33. The average Bonchev–Trinajstić information content (AvgIpc) is 3.34. The summed E-state index contributed by atoms with van der Waals surface area (Å²) in [5.74, 6) is 1.03. The zero-order valence-electron chi connectivity index (χ0n) is 23.9. The first kappa shape index (κ1) is 32.2. The van der Waals surface area contributed by atoms with Crippen LogP contribution < -0.4 is 16.4 Å². The maximum atomic E-state index is 12.6. The molecule has 2 aliphatic carbocycles. The summed E-state index contributed by atoms with van der Waals surface area (Å²) in [5, 5.41) is 9.83. The second kappa shape index (κ2) is 14.1. The molecule has 5 N–H and O–H groups in total. The van der Waals surface area contributed by atoms with Crippen molar-refractivity contribution in [1.29, 1.82) is 0 Å². The number of pyridine rings is 1. The molecule has 2 bridgehead atoms. The molecule has 0 radical (unpaired) electrons. The summed E-state index contributed by atoms with van der Waals surface area (Å²) in [4.78, 5) is 20.9. The Balaban J connectivity index is 0.00000202. The van der Waals surface area contributed by atoms with E-state index < -0.39 is 6.04 Å². The van der Waals surface area contributed by atoms with Crippen molar-refractivity contribution in [2.45, 2.75) is 63.8 Å². The van der Waals surface area contributed by atoms with Crippen molar-refractivity contribution in [3.05, 3.63) is 82.2 Å². The monoisotopic (exact) mass is 627 g/mol. The molecule has 2 heterocycles. The third-order valence-corrected chi connectivity index (χ3v) is 8.75. The lowest BCUT2D eigenvalue weighted by molar-refractivity contribution is -0.122. The summed E-state index contributed by atoms with van der Waals surface area (Å²) < 4.78 is 0. The predicted molar refractivity (Wildman–Crippen MR) is 180 cm³/mol. The summed E-state index contributed by atoms with van der Waals surface area (Å²) >= 11 is 6.34. The van der Waals surface area contributed by atoms with Crippen LogP contribution in [0.15, 0.2) is 60.3 Å². The molecule has 6 rings (SSSR count). The quantitative estimate of drug-likeness (QED) is 0.108. The molecule has 0 saturated carbocycles. The maximum Gasteiger partial charge on any atom is 0.237 e. The Morgan fingerprint density at radius 3 is 2.76 bits per heavy atom. The molecule has 0 fully saturated rings. The van der Waals surface area contributed by atoms with E-state index in [-0.39, 0.29) is 30.7 Å². The van der Waals surface area contributed by atoms with Crippen LogP contribution in [0, 0.1) is 5.92 Å². The molecule has 0 aliphatic heterocycles. The molecule has 0 spiro atoms. The van der Waals surface area contributed by atoms with Crippen LogP contribution in [0.3, 0.4) is 0 Å². The van der Waals surface area contributed by atoms with Gasteiger partial charge in [-0.05, 0) is 93.5 Å². The first-order valence-electron chi connectivity index (χ1n) is 14.6. The number of nitrogens with zero attached hydrogens (tertiary/aromatic N) is 1. The van der Waals surface area contributed by atoms with Gasteiger partial charge in [0.25, 0.3) is 0 Å². The molecule has 6 nitrogen and oxygen atoms in total. The molecule has 1 amide bonds. The minimum absolute atomic E-state index is 0. The van der Waals surface area contributed by atoms with Crippen molar-refractivity contribution in [3.63, 3.8) is 0 Å². The van der Waals surface area contributed by atoms with Crippen molar-refractivity contribution in [2.75, 3.05) is 18.4 Å². The number of carbonyl (C=O) groups excluding carboxylic acids is 1. The van der Waals surface area contributed by atoms with E-state index in [2.05, 4.69) is 40.8 Å². The van der Waals surface area contributed by atoms with Gasteiger partial charge in [0.1, 0.15) is 0 Å². The summed E-state index contributed by atoms with van der Waals surface area (Å²) in [7, 11) is 0. The lowest BCUT2D eigenvalue weighted by Gasteiger charge is -2.36. The number of hydrogen-bond donors (Lipinski definition) is 4. The number of benzene rings is 2. The minimum atomic E-state index is -0.557. The first-order valence-corrected chi connectivity index (χ1v) is 15.0. The Morgan fingerprint density at radius 2 is 1.90 bits per heavy atom. The number of nitrogens with two attached hydrogens (primary N) is 1. The fourth-order valence-electron chi connectivity index (χ4n) is 6.69. The van der Waals surface area contributed by atoms with Crippen molar-refractivity contribution in [3.8, 4) is 0 Å². The number of amides is 1. The molecule has 2 aliphatic rings. The number of hydrogen-bond acceptors (Lipinski definition) is 4. The van der Waals surface area contributed by atoms with Gasteiger partial charge in [0.15, 0.2) is 0 Å². The average molecular weight is 629 g/mol. The zero-order valence-corrected chi connectivity index (χ0v) is 26.3. The molecular weight excluding hydrogens is 589 g/mol. The number of rotatable bonds is 10. The summed E-state index contributed by atoms with van der Waals surface area (Å²) in [6.07, 6.45) is 11.2. The fourth-order valence-corrected chi connectivity index (χ4v) is 6.86. The summed E-state index contributed by atoms with van der Waals surface area (Å²) in [6.45, 7) is 3.79. The van der Waals surface area contributed by atoms with E-state index in [9.17, 15) is 4.79 Å². The largest absolute Gasteiger partial charge is 0.384 e. The number of aromatic amines is 1. The summed E-state index contributed by atoms with van der Waals surface area (Å²) in [5.41, 5.74) is 14.7. The number of fused-ring (bicyclic) bond motifs is 6. The molecule has 2 aromatic heterocycles. The van der Waals surface area contributed by atoms with Gasteiger partial charge >= 0.3 is 0 Å². The number of carbonyl (C=O) groups is 1. The van der Waals surface area contributed by atoms with Crippen LogP contribution in [0.25, 0.3) is 21.8 Å². The Kier molecular flexibility index (Phi) is 10.8. The molecule has 2 aromatic carbocycles. The van der Waals surface area contributed by atoms with Gasteiger partial charge in [-0.25, -0.2) is 0 Å². The van der Waals surface area contributed by atoms with Crippen molar-refractivity contribution >= 4 is 69.8 Å². The SMILES string of the molecule is CC1=CC2Cc3nc4cc(Cl)ccc4c(NCCCCCNC(=O)[C@@H](N)Cc4c[nH]c5ccccc45)c3C(C1)C2.Cl.Cl. The zero-order chi connectivity index (χ0) is 27.6. The number of allylic oxidation sites excluding steroid dienone is 2. The third-order valence-electron chi connectivity index (χ3n) is 8.51. The van der Waals surface area contributed by atoms with Gasteiger partial charge in [-0.1, -0.05) is 41.4 Å². The number of unbranched alkanes of at least 4 members (excludes halogenated alkanes) is 2. The van der Waals surface area contributed by atoms with Crippen LogP contribution in [0.1, 0.15) is 61.8 Å². The molecule has 2 unspecified atom stereocenters. The third kappa shape index (κ3) is 6.89. The number of H-pyrrole nitrogens is 1. The van der Waals surface area contributed by atoms with Crippen LogP contribution in [0.4, 0.5) is 5.69 Å². The summed E-state index contributed by atoms with van der Waals surface area (Å²) in [6, 6.07) is 13.6. The number of anilines is 1. The normalized spacial score (nSPS) is 17.9. The Labute approximate surface area is 265 Å². The minimum Gasteiger partial charge on any atom is -0.384 e. The molecule has 224 valence electrons. The fraction of sp³-hybridized carbons (Fsp3) is 0.394. The van der Waals surface area contributed by atoms with Crippen molar-refractivity contribution < 1.29 is 4.79 Å². The van der Waals surface area contributed by atoms with Crippen molar-refractivity contribution in [1.82, 2.24) is 15.3 Å². The van der Waals surface area contributed by atoms with Gasteiger partial charge in [0, 0.05) is 57.5 Å². The van der Waals surface area contributed by atoms with E-state index in [1.54, 1.807) is 0 Å². The standard InChI is InChI=1S/C33H38ClN5O.2ClH/c1-20-13-21-15-22(14-20)31-30(16-21)39-29-18-24(34)9-10-26(29)32(31)36-11-5-2-6-12-37-33(40)27(35)17-23-19-38-28-8-4-3-7-25(23)28;;/h3-4,7-10,13,18-19,21-22,27,38H,2,5-6,11-12,14-17,35H2,1H3,(H,36,39)(H,37,40);2*1H/t21?,22?,27-;;/m0../s1. The van der Waals surface area contributed by atoms with Gasteiger partial charge in [-0.15, -0.1) is 24.8 Å². The second-order valence-electron chi connectivity index (χ2n) is 11.6. The van der Waals surface area contributed by atoms with E-state index in [1.165, 1.54) is 28.9 Å². The lowest BCUT2D eigenvalue weighted by Crippen LogP contribution is -2.42. The van der Waals surface area contributed by atoms with Gasteiger partial charge in [-0.3, -0.25) is 9.78 Å². The van der Waals surface area contributed by atoms with Gasteiger partial charge in [0.2, 0.25) is 5.91 Å². The van der Waals surface area contributed by atoms with E-state index in [1.807, 2.05) is 36.5 Å². The molecule has 0 saturated heterocycles. The lowest BCUT2D eigenvalue weighted by atomic mass is 9.71. The van der Waals surface area contributed by atoms with Crippen LogP contribution >= 0.6 is 36.4 Å². The van der Waals surface area contributed by atoms with E-state index in [0.717, 1.165) is 71.0 Å². The second-order valence-corrected chi connectivity index (χ2v) is 12.0. The number of para-hydroxylation sites is 1. The Morgan fingerprint density at radius 1 is 1.10 bits per heavy atom. The highest BCUT2D eigenvalue weighted by atomic mass is 35.5. The Hall–Kier alpha value is -2.77. The molecular formula is C33H40Cl3N5O. The smallest absolute Gasteiger partial charge is 0.237 e.